The van der Waals surface area contributed by atoms with Gasteiger partial charge in [0.1, 0.15) is 11.6 Å². The van der Waals surface area contributed by atoms with Crippen molar-refractivity contribution in [3.8, 4) is 0 Å². The van der Waals surface area contributed by atoms with Gasteiger partial charge in [0.05, 0.1) is 13.2 Å². The molecule has 0 bridgehead atoms. The first-order valence-electron chi connectivity index (χ1n) is 9.25. The molecule has 1 aromatic carbocycles. The van der Waals surface area contributed by atoms with Gasteiger partial charge >= 0.3 is 0 Å². The third-order valence-corrected chi connectivity index (χ3v) is 5.25. The van der Waals surface area contributed by atoms with Crippen LogP contribution in [0.2, 0.25) is 0 Å². The minimum atomic E-state index is 0.504. The van der Waals surface area contributed by atoms with Crippen LogP contribution in [0.5, 0.6) is 0 Å². The predicted molar refractivity (Wildman–Crippen MR) is 112 cm³/mol. The summed E-state index contributed by atoms with van der Waals surface area (Å²) in [5.74, 6) is 2.35. The molecular weight excluding hydrogens is 360 g/mol. The lowest BCUT2D eigenvalue weighted by molar-refractivity contribution is 0.122. The highest BCUT2D eigenvalue weighted by Gasteiger charge is 2.21. The van der Waals surface area contributed by atoms with Crippen molar-refractivity contribution in [2.24, 2.45) is 0 Å². The zero-order valence-corrected chi connectivity index (χ0v) is 16.3. The molecule has 0 spiro atoms. The number of benzene rings is 1. The number of aromatic nitrogens is 2. The van der Waals surface area contributed by atoms with Crippen molar-refractivity contribution >= 4 is 34.9 Å². The van der Waals surface area contributed by atoms with Crippen LogP contribution in [0.25, 0.3) is 0 Å². The largest absolute Gasteiger partial charge is 0.378 e. The van der Waals surface area contributed by atoms with Crippen LogP contribution < -0.4 is 20.4 Å². The van der Waals surface area contributed by atoms with Crippen LogP contribution >= 0.6 is 12.2 Å². The van der Waals surface area contributed by atoms with Gasteiger partial charge in [-0.05, 0) is 29.8 Å². The summed E-state index contributed by atoms with van der Waals surface area (Å²) in [5.41, 5.74) is 2.78. The fourth-order valence-corrected chi connectivity index (χ4v) is 3.54. The molecule has 2 aliphatic rings. The summed E-state index contributed by atoms with van der Waals surface area (Å²) < 4.78 is 5.48. The maximum Gasteiger partial charge on any atom is 0.232 e. The molecule has 4 rings (SSSR count). The molecule has 2 aliphatic heterocycles. The lowest BCUT2D eigenvalue weighted by atomic mass is 10.00. The van der Waals surface area contributed by atoms with E-state index in [1.54, 1.807) is 7.05 Å². The van der Waals surface area contributed by atoms with Crippen molar-refractivity contribution < 1.29 is 4.74 Å². The first-order valence-corrected chi connectivity index (χ1v) is 9.66. The Kier molecular flexibility index (Phi) is 5.35. The molecule has 2 N–H and O–H groups in total. The van der Waals surface area contributed by atoms with Gasteiger partial charge in [0.2, 0.25) is 5.95 Å². The van der Waals surface area contributed by atoms with Gasteiger partial charge in [-0.3, -0.25) is 0 Å². The molecule has 0 unspecified atom stereocenters. The fraction of sp³-hybridized carbons (Fsp3) is 0.421. The molecule has 2 aromatic rings. The monoisotopic (exact) mass is 384 g/mol. The molecule has 1 fully saturated rings. The SMILES string of the molecule is CNC(=S)Nc1nc(N2CCOCC2)cc(N2CCc3ccccc3C2)n1. The summed E-state index contributed by atoms with van der Waals surface area (Å²) in [5, 5.41) is 6.50. The van der Waals surface area contributed by atoms with Crippen molar-refractivity contribution in [1.82, 2.24) is 15.3 Å². The Morgan fingerprint density at radius 3 is 2.48 bits per heavy atom. The standard InChI is InChI=1S/C19H24N6OS/c1-20-19(27)23-18-21-16(24-8-10-26-11-9-24)12-17(22-18)25-7-6-14-4-2-3-5-15(14)13-25/h2-5,12H,6-11,13H2,1H3,(H2,20,21,22,23,27). The van der Waals surface area contributed by atoms with Crippen molar-refractivity contribution in [2.75, 3.05) is 55.0 Å². The van der Waals surface area contributed by atoms with E-state index in [0.29, 0.717) is 24.3 Å². The smallest absolute Gasteiger partial charge is 0.232 e. The molecule has 8 heteroatoms. The zero-order chi connectivity index (χ0) is 18.6. The second-order valence-corrected chi connectivity index (χ2v) is 7.06. The first-order chi connectivity index (χ1) is 13.2. The Morgan fingerprint density at radius 1 is 1.04 bits per heavy atom. The molecule has 0 radical (unpaired) electrons. The van der Waals surface area contributed by atoms with E-state index in [2.05, 4.69) is 55.7 Å². The van der Waals surface area contributed by atoms with Crippen LogP contribution in [0.1, 0.15) is 11.1 Å². The minimum Gasteiger partial charge on any atom is -0.378 e. The third-order valence-electron chi connectivity index (χ3n) is 4.94. The maximum absolute atomic E-state index is 5.48. The molecule has 3 heterocycles. The van der Waals surface area contributed by atoms with Gasteiger partial charge in [-0.1, -0.05) is 24.3 Å². The molecule has 1 aromatic heterocycles. The Labute approximate surface area is 164 Å². The number of fused-ring (bicyclic) bond motifs is 1. The number of anilines is 3. The van der Waals surface area contributed by atoms with Gasteiger partial charge < -0.3 is 25.2 Å². The average molecular weight is 385 g/mol. The summed E-state index contributed by atoms with van der Waals surface area (Å²) in [6.07, 6.45) is 1.02. The van der Waals surface area contributed by atoms with E-state index in [0.717, 1.165) is 44.2 Å². The van der Waals surface area contributed by atoms with Crippen molar-refractivity contribution in [1.29, 1.82) is 0 Å². The molecule has 0 aliphatic carbocycles. The van der Waals surface area contributed by atoms with Crippen molar-refractivity contribution in [2.45, 2.75) is 13.0 Å². The van der Waals surface area contributed by atoms with E-state index in [9.17, 15) is 0 Å². The van der Waals surface area contributed by atoms with Gasteiger partial charge in [0.25, 0.3) is 0 Å². The van der Waals surface area contributed by atoms with Crippen molar-refractivity contribution in [3.63, 3.8) is 0 Å². The van der Waals surface area contributed by atoms with Gasteiger partial charge in [0.15, 0.2) is 5.11 Å². The number of morpholine rings is 1. The quantitative estimate of drug-likeness (QED) is 0.777. The second-order valence-electron chi connectivity index (χ2n) is 6.65. The summed E-state index contributed by atoms with van der Waals surface area (Å²) in [6, 6.07) is 10.7. The van der Waals surface area contributed by atoms with E-state index in [1.165, 1.54) is 11.1 Å². The number of nitrogens with one attached hydrogen (secondary N) is 2. The highest BCUT2D eigenvalue weighted by molar-refractivity contribution is 7.80. The highest BCUT2D eigenvalue weighted by Crippen LogP contribution is 2.27. The molecule has 0 amide bonds. The molecule has 142 valence electrons. The van der Waals surface area contributed by atoms with Crippen LogP contribution in [-0.4, -0.2) is 55.0 Å². The van der Waals surface area contributed by atoms with E-state index >= 15 is 0 Å². The average Bonchev–Trinajstić information content (AvgIpc) is 2.73. The highest BCUT2D eigenvalue weighted by atomic mass is 32.1. The lowest BCUT2D eigenvalue weighted by Gasteiger charge is -2.32. The third kappa shape index (κ3) is 4.12. The Morgan fingerprint density at radius 2 is 1.74 bits per heavy atom. The number of thiocarbonyl (C=S) groups is 1. The van der Waals surface area contributed by atoms with Gasteiger partial charge in [0, 0.05) is 39.3 Å². The predicted octanol–water partition coefficient (Wildman–Crippen LogP) is 1.79. The first kappa shape index (κ1) is 17.9. The molecule has 0 atom stereocenters. The van der Waals surface area contributed by atoms with Crippen LogP contribution in [-0.2, 0) is 17.7 Å². The lowest BCUT2D eigenvalue weighted by Crippen LogP contribution is -2.37. The fourth-order valence-electron chi connectivity index (χ4n) is 3.45. The second kappa shape index (κ2) is 8.06. The van der Waals surface area contributed by atoms with E-state index < -0.39 is 0 Å². The number of hydrogen-bond acceptors (Lipinski definition) is 6. The Balaban J connectivity index is 1.64. The van der Waals surface area contributed by atoms with Crippen LogP contribution in [0, 0.1) is 0 Å². The number of nitrogens with zero attached hydrogens (tertiary/aromatic N) is 4. The van der Waals surface area contributed by atoms with Gasteiger partial charge in [-0.25, -0.2) is 0 Å². The molecule has 7 nitrogen and oxygen atoms in total. The van der Waals surface area contributed by atoms with Crippen LogP contribution in [0.3, 0.4) is 0 Å². The zero-order valence-electron chi connectivity index (χ0n) is 15.4. The number of ether oxygens (including phenoxy) is 1. The molecule has 27 heavy (non-hydrogen) atoms. The number of hydrogen-bond donors (Lipinski definition) is 2. The summed E-state index contributed by atoms with van der Waals surface area (Å²) in [4.78, 5) is 14.0. The van der Waals surface area contributed by atoms with Crippen LogP contribution in [0.15, 0.2) is 30.3 Å². The molecule has 1 saturated heterocycles. The Hall–Kier alpha value is -2.45. The number of rotatable bonds is 3. The summed E-state index contributed by atoms with van der Waals surface area (Å²) >= 11 is 5.24. The van der Waals surface area contributed by atoms with Gasteiger partial charge in [-0.2, -0.15) is 9.97 Å². The van der Waals surface area contributed by atoms with Crippen LogP contribution in [0.4, 0.5) is 17.6 Å². The normalized spacial score (nSPS) is 16.6. The summed E-state index contributed by atoms with van der Waals surface area (Å²) in [7, 11) is 1.78. The van der Waals surface area contributed by atoms with E-state index in [-0.39, 0.29) is 0 Å². The maximum atomic E-state index is 5.48. The van der Waals surface area contributed by atoms with E-state index in [1.807, 2.05) is 0 Å². The molecule has 0 saturated carbocycles. The van der Waals surface area contributed by atoms with Crippen molar-refractivity contribution in [3.05, 3.63) is 41.5 Å². The summed E-state index contributed by atoms with van der Waals surface area (Å²) in [6.45, 7) is 4.88. The topological polar surface area (TPSA) is 65.6 Å². The minimum absolute atomic E-state index is 0.504. The Bertz CT molecular complexity index is 824. The van der Waals surface area contributed by atoms with Gasteiger partial charge in [-0.15, -0.1) is 0 Å². The molecular formula is C19H24N6OS. The van der Waals surface area contributed by atoms with E-state index in [4.69, 9.17) is 21.9 Å².